The zero-order valence-corrected chi connectivity index (χ0v) is 17.1. The second-order valence-electron chi connectivity index (χ2n) is 7.95. The molecule has 0 radical (unpaired) electrons. The van der Waals surface area contributed by atoms with E-state index in [2.05, 4.69) is 9.67 Å². The van der Waals surface area contributed by atoms with Crippen LogP contribution < -0.4 is 0 Å². The molecule has 6 heteroatoms. The van der Waals surface area contributed by atoms with E-state index in [1.54, 1.807) is 18.3 Å². The molecule has 0 unspecified atom stereocenters. The third-order valence-electron chi connectivity index (χ3n) is 6.09. The molecular weight excluding hydrogens is 378 g/mol. The quantitative estimate of drug-likeness (QED) is 0.489. The molecule has 0 saturated carbocycles. The van der Waals surface area contributed by atoms with Crippen LogP contribution in [0.4, 0.5) is 0 Å². The van der Waals surface area contributed by atoms with Crippen LogP contribution in [0, 0.1) is 13.8 Å². The SMILES string of the molecule is Cc1cc(/C=N\N2C(=O)c3cccc4cccc(c34)C2=O)c(C)n1C[C@@H]1CCCO1. The molecule has 1 aromatic heterocycles. The first-order chi connectivity index (χ1) is 14.5. The Bertz CT molecular complexity index is 1150. The van der Waals surface area contributed by atoms with Crippen molar-refractivity contribution in [3.63, 3.8) is 0 Å². The zero-order chi connectivity index (χ0) is 20.8. The van der Waals surface area contributed by atoms with Gasteiger partial charge in [0, 0.05) is 35.5 Å². The van der Waals surface area contributed by atoms with E-state index in [1.807, 2.05) is 44.2 Å². The minimum absolute atomic E-state index is 0.238. The van der Waals surface area contributed by atoms with E-state index in [0.717, 1.165) is 53.3 Å². The second-order valence-corrected chi connectivity index (χ2v) is 7.95. The van der Waals surface area contributed by atoms with Crippen LogP contribution in [0.25, 0.3) is 10.8 Å². The molecule has 3 heterocycles. The number of amides is 2. The van der Waals surface area contributed by atoms with Crippen LogP contribution in [0.15, 0.2) is 47.6 Å². The Morgan fingerprint density at radius 3 is 2.43 bits per heavy atom. The molecule has 2 aromatic carbocycles. The number of benzene rings is 2. The van der Waals surface area contributed by atoms with E-state index in [0.29, 0.717) is 16.5 Å². The minimum Gasteiger partial charge on any atom is -0.376 e. The van der Waals surface area contributed by atoms with Gasteiger partial charge >= 0.3 is 0 Å². The van der Waals surface area contributed by atoms with Crippen LogP contribution in [0.5, 0.6) is 0 Å². The summed E-state index contributed by atoms with van der Waals surface area (Å²) in [4.78, 5) is 26.0. The molecule has 0 N–H and O–H groups in total. The van der Waals surface area contributed by atoms with Crippen LogP contribution in [-0.2, 0) is 11.3 Å². The summed E-state index contributed by atoms with van der Waals surface area (Å²) < 4.78 is 7.98. The summed E-state index contributed by atoms with van der Waals surface area (Å²) in [6, 6.07) is 13.0. The van der Waals surface area contributed by atoms with Crippen molar-refractivity contribution < 1.29 is 14.3 Å². The van der Waals surface area contributed by atoms with E-state index >= 15 is 0 Å². The highest BCUT2D eigenvalue weighted by Gasteiger charge is 2.32. The normalized spacial score (nSPS) is 18.9. The maximum Gasteiger partial charge on any atom is 0.282 e. The highest BCUT2D eigenvalue weighted by molar-refractivity contribution is 6.25. The summed E-state index contributed by atoms with van der Waals surface area (Å²) in [5.41, 5.74) is 4.05. The highest BCUT2D eigenvalue weighted by Crippen LogP contribution is 2.30. The van der Waals surface area contributed by atoms with E-state index in [4.69, 9.17) is 4.74 Å². The fourth-order valence-electron chi connectivity index (χ4n) is 4.47. The summed E-state index contributed by atoms with van der Waals surface area (Å²) in [6.45, 7) is 5.71. The van der Waals surface area contributed by atoms with Crippen molar-refractivity contribution in [3.05, 3.63) is 70.5 Å². The molecule has 6 nitrogen and oxygen atoms in total. The van der Waals surface area contributed by atoms with Gasteiger partial charge in [-0.25, -0.2) is 0 Å². The Morgan fingerprint density at radius 2 is 1.80 bits per heavy atom. The number of hydrogen-bond donors (Lipinski definition) is 0. The molecule has 1 atom stereocenters. The molecular formula is C24H23N3O3. The lowest BCUT2D eigenvalue weighted by Gasteiger charge is -2.23. The van der Waals surface area contributed by atoms with Gasteiger partial charge < -0.3 is 9.30 Å². The first-order valence-corrected chi connectivity index (χ1v) is 10.3. The van der Waals surface area contributed by atoms with Crippen LogP contribution in [-0.4, -0.2) is 40.3 Å². The molecule has 0 spiro atoms. The summed E-state index contributed by atoms with van der Waals surface area (Å²) >= 11 is 0. The van der Waals surface area contributed by atoms with Crippen molar-refractivity contribution in [1.29, 1.82) is 0 Å². The van der Waals surface area contributed by atoms with Gasteiger partial charge in [-0.05, 0) is 50.3 Å². The van der Waals surface area contributed by atoms with E-state index < -0.39 is 11.8 Å². The first kappa shape index (κ1) is 18.8. The van der Waals surface area contributed by atoms with Gasteiger partial charge in [-0.15, -0.1) is 0 Å². The molecule has 3 aromatic rings. The fraction of sp³-hybridized carbons (Fsp3) is 0.292. The Hall–Kier alpha value is -3.25. The Balaban J connectivity index is 1.46. The third kappa shape index (κ3) is 2.95. The fourth-order valence-corrected chi connectivity index (χ4v) is 4.47. The summed E-state index contributed by atoms with van der Waals surface area (Å²) in [6.07, 6.45) is 4.02. The van der Waals surface area contributed by atoms with Crippen LogP contribution in [0.2, 0.25) is 0 Å². The second kappa shape index (κ2) is 7.22. The standard InChI is InChI=1S/C24H23N3O3/c1-15-12-18(16(2)26(15)14-19-8-5-11-30-19)13-25-27-23(28)20-9-3-6-17-7-4-10-21(22(17)20)24(27)29/h3-4,6-7,9-10,12-13,19H,5,8,11,14H2,1-2H3/b25-13-/t19-/m0/s1. The highest BCUT2D eigenvalue weighted by atomic mass is 16.5. The van der Waals surface area contributed by atoms with Gasteiger partial charge in [0.25, 0.3) is 11.8 Å². The number of imide groups is 1. The molecule has 1 fully saturated rings. The van der Waals surface area contributed by atoms with E-state index in [-0.39, 0.29) is 6.10 Å². The summed E-state index contributed by atoms with van der Waals surface area (Å²) in [5, 5.41) is 6.88. The maximum absolute atomic E-state index is 13.0. The minimum atomic E-state index is -0.395. The molecule has 2 amide bonds. The van der Waals surface area contributed by atoms with Crippen molar-refractivity contribution in [2.75, 3.05) is 6.61 Å². The van der Waals surface area contributed by atoms with Gasteiger partial charge in [-0.1, -0.05) is 24.3 Å². The molecule has 30 heavy (non-hydrogen) atoms. The lowest BCUT2D eigenvalue weighted by atomic mass is 9.95. The number of rotatable bonds is 4. The average Bonchev–Trinajstić information content (AvgIpc) is 3.36. The van der Waals surface area contributed by atoms with Crippen molar-refractivity contribution >= 4 is 28.8 Å². The van der Waals surface area contributed by atoms with Crippen molar-refractivity contribution in [3.8, 4) is 0 Å². The monoisotopic (exact) mass is 401 g/mol. The Morgan fingerprint density at radius 1 is 1.10 bits per heavy atom. The van der Waals surface area contributed by atoms with Crippen LogP contribution in [0.3, 0.4) is 0 Å². The molecule has 0 aliphatic carbocycles. The molecule has 2 aliphatic heterocycles. The number of carbonyl (C=O) groups excluding carboxylic acids is 2. The number of carbonyl (C=O) groups is 2. The Labute approximate surface area is 174 Å². The third-order valence-corrected chi connectivity index (χ3v) is 6.09. The average molecular weight is 401 g/mol. The van der Waals surface area contributed by atoms with Gasteiger partial charge in [-0.3, -0.25) is 9.59 Å². The molecule has 1 saturated heterocycles. The van der Waals surface area contributed by atoms with Gasteiger partial charge in [0.15, 0.2) is 0 Å². The molecule has 2 aliphatic rings. The Kier molecular flexibility index (Phi) is 4.51. The topological polar surface area (TPSA) is 63.9 Å². The predicted molar refractivity (Wildman–Crippen MR) is 115 cm³/mol. The van der Waals surface area contributed by atoms with Gasteiger partial charge in [0.05, 0.1) is 23.4 Å². The number of hydrogen-bond acceptors (Lipinski definition) is 4. The van der Waals surface area contributed by atoms with Crippen molar-refractivity contribution in [1.82, 2.24) is 9.58 Å². The molecule has 5 rings (SSSR count). The number of aryl methyl sites for hydroxylation is 1. The lowest BCUT2D eigenvalue weighted by molar-refractivity contribution is 0.0616. The number of hydrazone groups is 1. The van der Waals surface area contributed by atoms with E-state index in [1.165, 1.54) is 0 Å². The summed E-state index contributed by atoms with van der Waals surface area (Å²) in [7, 11) is 0. The van der Waals surface area contributed by atoms with E-state index in [9.17, 15) is 9.59 Å². The van der Waals surface area contributed by atoms with Crippen molar-refractivity contribution in [2.24, 2.45) is 5.10 Å². The maximum atomic E-state index is 13.0. The number of nitrogens with zero attached hydrogens (tertiary/aromatic N) is 3. The lowest BCUT2D eigenvalue weighted by Crippen LogP contribution is -2.36. The predicted octanol–water partition coefficient (Wildman–Crippen LogP) is 4.07. The van der Waals surface area contributed by atoms with Gasteiger partial charge in [0.1, 0.15) is 0 Å². The molecule has 0 bridgehead atoms. The number of ether oxygens (including phenoxy) is 1. The number of aromatic nitrogens is 1. The molecule has 152 valence electrons. The summed E-state index contributed by atoms with van der Waals surface area (Å²) in [5.74, 6) is -0.789. The van der Waals surface area contributed by atoms with Gasteiger partial charge in [-0.2, -0.15) is 10.1 Å². The largest absolute Gasteiger partial charge is 0.376 e. The first-order valence-electron chi connectivity index (χ1n) is 10.3. The smallest absolute Gasteiger partial charge is 0.282 e. The van der Waals surface area contributed by atoms with Crippen LogP contribution >= 0.6 is 0 Å². The zero-order valence-electron chi connectivity index (χ0n) is 17.1. The van der Waals surface area contributed by atoms with Crippen molar-refractivity contribution in [2.45, 2.75) is 39.3 Å². The van der Waals surface area contributed by atoms with Gasteiger partial charge in [0.2, 0.25) is 0 Å². The van der Waals surface area contributed by atoms with Crippen LogP contribution in [0.1, 0.15) is 50.5 Å².